The summed E-state index contributed by atoms with van der Waals surface area (Å²) in [4.78, 5) is 11.9. The number of thiocarbonyl (C=S) groups is 1. The van der Waals surface area contributed by atoms with Crippen LogP contribution in [0.25, 0.3) is 0 Å². The van der Waals surface area contributed by atoms with Gasteiger partial charge in [0, 0.05) is 0 Å². The van der Waals surface area contributed by atoms with Crippen LogP contribution >= 0.6 is 12.2 Å². The number of hydrogen-bond donors (Lipinski definition) is 4. The zero-order valence-electron chi connectivity index (χ0n) is 13.6. The minimum atomic E-state index is -4.32. The summed E-state index contributed by atoms with van der Waals surface area (Å²) in [5.74, 6) is 0. The Balaban J connectivity index is 2.75. The Morgan fingerprint density at radius 3 is 2.29 bits per heavy atom. The van der Waals surface area contributed by atoms with Crippen molar-refractivity contribution in [1.29, 1.82) is 0 Å². The number of benzene rings is 1. The fourth-order valence-corrected chi connectivity index (χ4v) is 2.34. The minimum absolute atomic E-state index is 0.0981. The maximum absolute atomic E-state index is 11.8. The number of alkyl carbamates (subject to hydrolysis) is 1. The highest BCUT2D eigenvalue weighted by molar-refractivity contribution is 7.87. The van der Waals surface area contributed by atoms with Crippen molar-refractivity contribution in [2.45, 2.75) is 38.8 Å². The third-order valence-electron chi connectivity index (χ3n) is 2.67. The van der Waals surface area contributed by atoms with E-state index in [9.17, 15) is 13.2 Å². The first kappa shape index (κ1) is 20.1. The van der Waals surface area contributed by atoms with Gasteiger partial charge in [0.05, 0.1) is 16.7 Å². The summed E-state index contributed by atoms with van der Waals surface area (Å²) < 4.78 is 37.3. The van der Waals surface area contributed by atoms with E-state index in [2.05, 4.69) is 5.32 Å². The van der Waals surface area contributed by atoms with Crippen molar-refractivity contribution in [1.82, 2.24) is 5.32 Å². The van der Waals surface area contributed by atoms with Crippen LogP contribution < -0.4 is 15.8 Å². The highest BCUT2D eigenvalue weighted by Crippen LogP contribution is 2.13. The lowest BCUT2D eigenvalue weighted by Crippen LogP contribution is -2.46. The molecule has 1 aromatic carbocycles. The van der Waals surface area contributed by atoms with Gasteiger partial charge in [-0.3, -0.25) is 9.27 Å². The molecule has 24 heavy (non-hydrogen) atoms. The maximum Gasteiger partial charge on any atom is 0.408 e. The zero-order chi connectivity index (χ0) is 18.5. The minimum Gasteiger partial charge on any atom is -0.444 e. The van der Waals surface area contributed by atoms with Crippen molar-refractivity contribution in [2.24, 2.45) is 5.73 Å². The van der Waals surface area contributed by atoms with E-state index in [0.29, 0.717) is 6.42 Å². The van der Waals surface area contributed by atoms with Crippen molar-refractivity contribution < 1.29 is 22.5 Å². The van der Waals surface area contributed by atoms with E-state index in [1.807, 2.05) is 4.72 Å². The van der Waals surface area contributed by atoms with Crippen LogP contribution in [0.1, 0.15) is 26.3 Å². The van der Waals surface area contributed by atoms with E-state index >= 15 is 0 Å². The summed E-state index contributed by atoms with van der Waals surface area (Å²) in [6.07, 6.45) is -0.328. The number of carbonyl (C=O) groups is 1. The number of ether oxygens (including phenoxy) is 1. The third kappa shape index (κ3) is 8.09. The predicted molar refractivity (Wildman–Crippen MR) is 95.3 cm³/mol. The first-order valence-corrected chi connectivity index (χ1v) is 8.83. The summed E-state index contributed by atoms with van der Waals surface area (Å²) in [6, 6.07) is 5.56. The lowest BCUT2D eigenvalue weighted by atomic mass is 10.1. The van der Waals surface area contributed by atoms with Crippen LogP contribution in [-0.4, -0.2) is 35.7 Å². The fraction of sp³-hybridized carbons (Fsp3) is 0.429. The van der Waals surface area contributed by atoms with Gasteiger partial charge in [0.1, 0.15) is 5.60 Å². The van der Waals surface area contributed by atoms with E-state index in [1.165, 1.54) is 12.1 Å². The van der Waals surface area contributed by atoms with E-state index in [-0.39, 0.29) is 10.7 Å². The van der Waals surface area contributed by atoms with Gasteiger partial charge in [-0.15, -0.1) is 0 Å². The van der Waals surface area contributed by atoms with E-state index in [4.69, 9.17) is 27.2 Å². The lowest BCUT2D eigenvalue weighted by molar-refractivity contribution is 0.0518. The third-order valence-corrected chi connectivity index (χ3v) is 3.45. The first-order chi connectivity index (χ1) is 10.9. The number of hydrogen-bond acceptors (Lipinski definition) is 5. The van der Waals surface area contributed by atoms with Gasteiger partial charge < -0.3 is 15.8 Å². The van der Waals surface area contributed by atoms with Gasteiger partial charge >= 0.3 is 16.4 Å². The van der Waals surface area contributed by atoms with Crippen LogP contribution in [0, 0.1) is 0 Å². The molecule has 0 radical (unpaired) electrons. The molecule has 10 heteroatoms. The molecule has 0 heterocycles. The standard InChI is InChI=1S/C14H21N3O5S2/c1-14(2,3)22-13(18)16-11(12(15)23)8-9-4-6-10(7-5-9)17-24(19,20)21/h4-7,11,17H,8H2,1-3H3,(H2,15,23)(H,16,18)(H,19,20,21). The quantitative estimate of drug-likeness (QED) is 0.439. The van der Waals surface area contributed by atoms with Gasteiger partial charge in [0.15, 0.2) is 0 Å². The molecule has 134 valence electrons. The normalized spacial score (nSPS) is 13.0. The topological polar surface area (TPSA) is 131 Å². The second kappa shape index (κ2) is 7.77. The average molecular weight is 375 g/mol. The number of rotatable bonds is 6. The summed E-state index contributed by atoms with van der Waals surface area (Å²) >= 11 is 4.96. The fourth-order valence-electron chi connectivity index (χ4n) is 1.77. The molecule has 1 amide bonds. The molecule has 0 aromatic heterocycles. The summed E-state index contributed by atoms with van der Waals surface area (Å²) in [5, 5.41) is 2.60. The number of nitrogens with one attached hydrogen (secondary N) is 2. The van der Waals surface area contributed by atoms with Crippen LogP contribution in [0.2, 0.25) is 0 Å². The molecule has 0 saturated heterocycles. The Kier molecular flexibility index (Phi) is 6.52. The Morgan fingerprint density at radius 1 is 1.33 bits per heavy atom. The second-order valence-electron chi connectivity index (χ2n) is 6.08. The Labute approximate surface area is 146 Å². The molecule has 1 rings (SSSR count). The van der Waals surface area contributed by atoms with Gasteiger partial charge in [0.25, 0.3) is 0 Å². The number of nitrogens with two attached hydrogens (primary N) is 1. The molecular weight excluding hydrogens is 354 g/mol. The average Bonchev–Trinajstić information content (AvgIpc) is 2.36. The van der Waals surface area contributed by atoms with Crippen LogP contribution in [0.15, 0.2) is 24.3 Å². The van der Waals surface area contributed by atoms with Gasteiger partial charge in [-0.1, -0.05) is 24.4 Å². The molecule has 1 atom stereocenters. The van der Waals surface area contributed by atoms with Crippen LogP contribution in [-0.2, 0) is 21.5 Å². The first-order valence-electron chi connectivity index (χ1n) is 6.99. The lowest BCUT2D eigenvalue weighted by Gasteiger charge is -2.23. The second-order valence-corrected chi connectivity index (χ2v) is 7.71. The van der Waals surface area contributed by atoms with Crippen molar-refractivity contribution in [3.8, 4) is 0 Å². The van der Waals surface area contributed by atoms with E-state index in [1.54, 1.807) is 32.9 Å². The zero-order valence-corrected chi connectivity index (χ0v) is 15.2. The predicted octanol–water partition coefficient (Wildman–Crippen LogP) is 1.62. The molecule has 1 aromatic rings. The molecule has 8 nitrogen and oxygen atoms in total. The van der Waals surface area contributed by atoms with E-state index in [0.717, 1.165) is 5.56 Å². The van der Waals surface area contributed by atoms with Gasteiger partial charge in [-0.05, 0) is 44.9 Å². The van der Waals surface area contributed by atoms with E-state index < -0.39 is 28.0 Å². The molecule has 0 bridgehead atoms. The molecule has 0 saturated carbocycles. The molecule has 0 spiro atoms. The molecule has 0 aliphatic heterocycles. The molecule has 0 aliphatic carbocycles. The number of anilines is 1. The van der Waals surface area contributed by atoms with Crippen molar-refractivity contribution in [3.63, 3.8) is 0 Å². The van der Waals surface area contributed by atoms with Gasteiger partial charge in [-0.2, -0.15) is 8.42 Å². The van der Waals surface area contributed by atoms with Crippen LogP contribution in [0.4, 0.5) is 10.5 Å². The molecular formula is C14H21N3O5S2. The van der Waals surface area contributed by atoms with Crippen molar-refractivity contribution in [3.05, 3.63) is 29.8 Å². The number of carbonyl (C=O) groups excluding carboxylic acids is 1. The van der Waals surface area contributed by atoms with Crippen LogP contribution in [0.5, 0.6) is 0 Å². The monoisotopic (exact) mass is 375 g/mol. The summed E-state index contributed by atoms with van der Waals surface area (Å²) in [5.41, 5.74) is 5.96. The van der Waals surface area contributed by atoms with Crippen LogP contribution in [0.3, 0.4) is 0 Å². The maximum atomic E-state index is 11.8. The Hall–Kier alpha value is -1.91. The summed E-state index contributed by atoms with van der Waals surface area (Å²) in [6.45, 7) is 5.22. The van der Waals surface area contributed by atoms with Crippen molar-refractivity contribution in [2.75, 3.05) is 4.72 Å². The van der Waals surface area contributed by atoms with Gasteiger partial charge in [0.2, 0.25) is 0 Å². The number of amides is 1. The smallest absolute Gasteiger partial charge is 0.408 e. The van der Waals surface area contributed by atoms with Gasteiger partial charge in [-0.25, -0.2) is 4.79 Å². The highest BCUT2D eigenvalue weighted by Gasteiger charge is 2.21. The SMILES string of the molecule is CC(C)(C)OC(=O)NC(Cc1ccc(NS(=O)(=O)O)cc1)C(N)=S. The Morgan fingerprint density at radius 2 is 1.88 bits per heavy atom. The highest BCUT2D eigenvalue weighted by atomic mass is 32.2. The van der Waals surface area contributed by atoms with Crippen molar-refractivity contribution >= 4 is 39.3 Å². The molecule has 1 unspecified atom stereocenters. The summed E-state index contributed by atoms with van der Waals surface area (Å²) in [7, 11) is -4.32. The molecule has 5 N–H and O–H groups in total. The molecule has 0 fully saturated rings. The largest absolute Gasteiger partial charge is 0.444 e. The Bertz CT molecular complexity index is 696. The molecule has 0 aliphatic rings.